The largest absolute Gasteiger partial charge is 0.287 e. The minimum atomic E-state index is -0.395. The van der Waals surface area contributed by atoms with Crippen LogP contribution in [0.25, 0.3) is 0 Å². The van der Waals surface area contributed by atoms with Gasteiger partial charge in [0.25, 0.3) is 5.56 Å². The topological polar surface area (TPSA) is 34.9 Å². The van der Waals surface area contributed by atoms with E-state index in [4.69, 9.17) is 11.6 Å². The zero-order valence-corrected chi connectivity index (χ0v) is 17.4. The lowest BCUT2D eigenvalue weighted by atomic mass is 9.88. The van der Waals surface area contributed by atoms with Gasteiger partial charge in [0.2, 0.25) is 0 Å². The number of hydrogen-bond acceptors (Lipinski definition) is 3. The molecule has 1 aromatic heterocycles. The Morgan fingerprint density at radius 2 is 1.72 bits per heavy atom. The molecule has 0 saturated heterocycles. The highest BCUT2D eigenvalue weighted by Crippen LogP contribution is 2.44. The summed E-state index contributed by atoms with van der Waals surface area (Å²) in [6.45, 7) is 12.5. The second-order valence-electron chi connectivity index (χ2n) is 8.49. The van der Waals surface area contributed by atoms with Gasteiger partial charge >= 0.3 is 0 Å². The van der Waals surface area contributed by atoms with Crippen molar-refractivity contribution >= 4 is 23.4 Å². The number of thioether (sulfide) groups is 1. The van der Waals surface area contributed by atoms with Gasteiger partial charge < -0.3 is 0 Å². The van der Waals surface area contributed by atoms with Crippen molar-refractivity contribution in [1.29, 1.82) is 0 Å². The molecule has 2 rings (SSSR count). The van der Waals surface area contributed by atoms with Gasteiger partial charge in [0.1, 0.15) is 5.02 Å². The fourth-order valence-electron chi connectivity index (χ4n) is 2.58. The number of hydrogen-bond donors (Lipinski definition) is 0. The van der Waals surface area contributed by atoms with Crippen molar-refractivity contribution in [3.8, 4) is 0 Å². The average molecular weight is 379 g/mol. The van der Waals surface area contributed by atoms with Crippen LogP contribution in [0.1, 0.15) is 58.8 Å². The number of aromatic nitrogens is 2. The van der Waals surface area contributed by atoms with Gasteiger partial charge in [0, 0.05) is 5.25 Å². The second-order valence-corrected chi connectivity index (χ2v) is 10.1. The maximum atomic E-state index is 12.6. The van der Waals surface area contributed by atoms with E-state index in [1.165, 1.54) is 10.2 Å². The molecule has 3 nitrogen and oxygen atoms in total. The van der Waals surface area contributed by atoms with Gasteiger partial charge in [0.15, 0.2) is 0 Å². The van der Waals surface area contributed by atoms with E-state index in [0.29, 0.717) is 0 Å². The number of rotatable bonds is 4. The van der Waals surface area contributed by atoms with Gasteiger partial charge in [-0.1, -0.05) is 62.7 Å². The van der Waals surface area contributed by atoms with E-state index in [1.54, 1.807) is 18.0 Å². The highest BCUT2D eigenvalue weighted by atomic mass is 35.5. The predicted octanol–water partition coefficient (Wildman–Crippen LogP) is 5.92. The molecule has 0 saturated carbocycles. The lowest BCUT2D eigenvalue weighted by molar-refractivity contribution is 0.336. The Balaban J connectivity index is 2.40. The summed E-state index contributed by atoms with van der Waals surface area (Å²) in [6, 6.07) is 10.4. The minimum Gasteiger partial charge on any atom is -0.266 e. The van der Waals surface area contributed by atoms with Crippen LogP contribution in [0.4, 0.5) is 0 Å². The molecule has 0 radical (unpaired) electrons. The number of halogens is 1. The fraction of sp³-hybridized carbons (Fsp3) is 0.500. The van der Waals surface area contributed by atoms with Crippen LogP contribution in [0.3, 0.4) is 0 Å². The average Bonchev–Trinajstić information content (AvgIpc) is 2.49. The van der Waals surface area contributed by atoms with Crippen molar-refractivity contribution in [1.82, 2.24) is 9.78 Å². The molecule has 0 aliphatic carbocycles. The van der Waals surface area contributed by atoms with Crippen molar-refractivity contribution in [2.24, 2.45) is 5.41 Å². The van der Waals surface area contributed by atoms with E-state index >= 15 is 0 Å². The van der Waals surface area contributed by atoms with E-state index in [-0.39, 0.29) is 21.2 Å². The number of benzene rings is 1. The van der Waals surface area contributed by atoms with E-state index in [1.807, 2.05) is 39.0 Å². The summed E-state index contributed by atoms with van der Waals surface area (Å²) in [5.41, 5.74) is 0.766. The minimum absolute atomic E-state index is 0.161. The summed E-state index contributed by atoms with van der Waals surface area (Å²) >= 11 is 8.03. The first kappa shape index (κ1) is 20.1. The molecule has 1 heterocycles. The van der Waals surface area contributed by atoms with Crippen LogP contribution >= 0.6 is 23.4 Å². The first-order valence-electron chi connectivity index (χ1n) is 8.49. The molecule has 2 aromatic rings. The zero-order valence-electron chi connectivity index (χ0n) is 15.8. The van der Waals surface area contributed by atoms with Crippen molar-refractivity contribution in [2.75, 3.05) is 0 Å². The van der Waals surface area contributed by atoms with E-state index in [2.05, 4.69) is 38.0 Å². The lowest BCUT2D eigenvalue weighted by Crippen LogP contribution is -2.36. The second kappa shape index (κ2) is 7.55. The molecule has 0 amide bonds. The van der Waals surface area contributed by atoms with Gasteiger partial charge in [-0.05, 0) is 38.2 Å². The highest BCUT2D eigenvalue weighted by Gasteiger charge is 2.25. The van der Waals surface area contributed by atoms with Crippen molar-refractivity contribution < 1.29 is 0 Å². The Bertz CT molecular complexity index is 773. The van der Waals surface area contributed by atoms with Gasteiger partial charge in [-0.15, -0.1) is 11.8 Å². The van der Waals surface area contributed by atoms with Crippen molar-refractivity contribution in [2.45, 2.75) is 63.6 Å². The third-order valence-electron chi connectivity index (χ3n) is 3.76. The maximum Gasteiger partial charge on any atom is 0.287 e. The molecule has 1 unspecified atom stereocenters. The molecule has 0 aliphatic heterocycles. The molecule has 1 aromatic carbocycles. The molecule has 0 N–H and O–H groups in total. The van der Waals surface area contributed by atoms with Crippen LogP contribution in [-0.4, -0.2) is 9.78 Å². The van der Waals surface area contributed by atoms with Crippen molar-refractivity contribution in [3.05, 3.63) is 57.5 Å². The quantitative estimate of drug-likeness (QED) is 0.619. The first-order chi connectivity index (χ1) is 11.5. The molecule has 1 atom stereocenters. The Morgan fingerprint density at radius 3 is 2.24 bits per heavy atom. The Kier molecular flexibility index (Phi) is 6.05. The van der Waals surface area contributed by atoms with Crippen LogP contribution in [0.15, 0.2) is 46.2 Å². The summed E-state index contributed by atoms with van der Waals surface area (Å²) in [4.78, 5) is 13.3. The maximum absolute atomic E-state index is 12.6. The predicted molar refractivity (Wildman–Crippen MR) is 108 cm³/mol. The first-order valence-corrected chi connectivity index (χ1v) is 9.75. The molecule has 25 heavy (non-hydrogen) atoms. The van der Waals surface area contributed by atoms with Gasteiger partial charge in [0.05, 0.1) is 16.6 Å². The number of nitrogens with zero attached hydrogens (tertiary/aromatic N) is 2. The third-order valence-corrected chi connectivity index (χ3v) is 5.52. The molecule has 0 spiro atoms. The molecule has 5 heteroatoms. The molecule has 0 bridgehead atoms. The normalized spacial score (nSPS) is 13.7. The molecular formula is C20H27ClN2OS. The van der Waals surface area contributed by atoms with Gasteiger partial charge in [-0.2, -0.15) is 5.10 Å². The van der Waals surface area contributed by atoms with Crippen LogP contribution in [-0.2, 0) is 5.54 Å². The highest BCUT2D eigenvalue weighted by molar-refractivity contribution is 7.99. The molecule has 136 valence electrons. The van der Waals surface area contributed by atoms with E-state index in [0.717, 1.165) is 11.3 Å². The Morgan fingerprint density at radius 1 is 1.12 bits per heavy atom. The SMILES string of the molecule is CC(C)(C)CC(Sc1cnn(C(C)(C)C)c(=O)c1Cl)c1ccccc1. The molecule has 0 aliphatic rings. The van der Waals surface area contributed by atoms with Gasteiger partial charge in [-0.25, -0.2) is 4.68 Å². The smallest absolute Gasteiger partial charge is 0.266 e. The standard InChI is InChI=1S/C20H27ClN2OS/c1-19(2,3)12-15(14-10-8-7-9-11-14)25-16-13-22-23(20(4,5)6)18(24)17(16)21/h7-11,13,15H,12H2,1-6H3. The fourth-order valence-corrected chi connectivity index (χ4v) is 4.33. The summed E-state index contributed by atoms with van der Waals surface area (Å²) in [5, 5.41) is 4.82. The summed E-state index contributed by atoms with van der Waals surface area (Å²) in [6.07, 6.45) is 2.69. The van der Waals surface area contributed by atoms with Crippen LogP contribution < -0.4 is 5.56 Å². The summed E-state index contributed by atoms with van der Waals surface area (Å²) in [5.74, 6) is 0. The van der Waals surface area contributed by atoms with Crippen LogP contribution in [0.2, 0.25) is 5.02 Å². The van der Waals surface area contributed by atoms with Crippen molar-refractivity contribution in [3.63, 3.8) is 0 Å². The third kappa shape index (κ3) is 5.35. The summed E-state index contributed by atoms with van der Waals surface area (Å²) < 4.78 is 1.45. The molecule has 0 fully saturated rings. The summed E-state index contributed by atoms with van der Waals surface area (Å²) in [7, 11) is 0. The zero-order chi connectivity index (χ0) is 18.8. The monoisotopic (exact) mass is 378 g/mol. The molecular weight excluding hydrogens is 352 g/mol. The Labute approximate surface area is 159 Å². The van der Waals surface area contributed by atoms with Crippen LogP contribution in [0, 0.1) is 5.41 Å². The lowest BCUT2D eigenvalue weighted by Gasteiger charge is -2.27. The Hall–Kier alpha value is -1.26. The van der Waals surface area contributed by atoms with E-state index in [9.17, 15) is 4.79 Å². The van der Waals surface area contributed by atoms with E-state index < -0.39 is 5.54 Å². The van der Waals surface area contributed by atoms with Crippen LogP contribution in [0.5, 0.6) is 0 Å². The van der Waals surface area contributed by atoms with Gasteiger partial charge in [-0.3, -0.25) is 4.79 Å².